The molecule has 1 N–H and O–H groups in total. The average molecular weight is 373 g/mol. The molecule has 2 heterocycles. The van der Waals surface area contributed by atoms with E-state index in [1.807, 2.05) is 54.1 Å². The predicted octanol–water partition coefficient (Wildman–Crippen LogP) is 2.86. The smallest absolute Gasteiger partial charge is 0.255 e. The van der Waals surface area contributed by atoms with Gasteiger partial charge in [0.1, 0.15) is 0 Å². The number of anilines is 1. The van der Waals surface area contributed by atoms with Crippen LogP contribution in [-0.4, -0.2) is 35.7 Å². The Morgan fingerprint density at radius 2 is 2.04 bits per heavy atom. The molecule has 0 spiro atoms. The topological polar surface area (TPSA) is 90.5 Å². The van der Waals surface area contributed by atoms with Gasteiger partial charge in [0, 0.05) is 42.3 Å². The summed E-state index contributed by atoms with van der Waals surface area (Å²) in [4.78, 5) is 16.8. The molecule has 0 atom stereocenters. The summed E-state index contributed by atoms with van der Waals surface area (Å²) in [5, 5.41) is 14.7. The van der Waals surface area contributed by atoms with Crippen molar-refractivity contribution in [2.45, 2.75) is 20.0 Å². The molecule has 8 heteroatoms. The van der Waals surface area contributed by atoms with Gasteiger partial charge in [0.2, 0.25) is 0 Å². The van der Waals surface area contributed by atoms with Crippen LogP contribution in [0.15, 0.2) is 67.3 Å². The fourth-order valence-corrected chi connectivity index (χ4v) is 2.97. The number of nitrogens with one attached hydrogen (secondary N) is 1. The number of imidazole rings is 1. The van der Waals surface area contributed by atoms with Crippen molar-refractivity contribution in [1.82, 2.24) is 29.8 Å². The zero-order chi connectivity index (χ0) is 19.3. The Morgan fingerprint density at radius 3 is 2.86 bits per heavy atom. The molecule has 2 aromatic carbocycles. The highest BCUT2D eigenvalue weighted by Gasteiger charge is 2.12. The number of tetrazole rings is 1. The van der Waals surface area contributed by atoms with E-state index in [-0.39, 0.29) is 5.91 Å². The van der Waals surface area contributed by atoms with Crippen molar-refractivity contribution in [3.8, 4) is 11.4 Å². The van der Waals surface area contributed by atoms with Gasteiger partial charge in [0.25, 0.3) is 5.91 Å². The quantitative estimate of drug-likeness (QED) is 0.561. The summed E-state index contributed by atoms with van der Waals surface area (Å²) in [6.07, 6.45) is 5.41. The van der Waals surface area contributed by atoms with E-state index in [1.165, 1.54) is 0 Å². The van der Waals surface area contributed by atoms with Crippen LogP contribution in [0.4, 0.5) is 5.69 Å². The van der Waals surface area contributed by atoms with Crippen LogP contribution in [0.2, 0.25) is 0 Å². The summed E-state index contributed by atoms with van der Waals surface area (Å²) in [7, 11) is 0. The molecule has 0 radical (unpaired) electrons. The number of hydrogen-bond acceptors (Lipinski definition) is 5. The first-order chi connectivity index (χ1) is 13.7. The molecule has 2 aromatic heterocycles. The third-order valence-corrected chi connectivity index (χ3v) is 4.32. The third kappa shape index (κ3) is 3.80. The lowest BCUT2D eigenvalue weighted by Gasteiger charge is -2.09. The van der Waals surface area contributed by atoms with Gasteiger partial charge in [-0.25, -0.2) is 9.67 Å². The summed E-state index contributed by atoms with van der Waals surface area (Å²) < 4.78 is 3.67. The number of nitrogens with zero attached hydrogens (tertiary/aromatic N) is 6. The second-order valence-corrected chi connectivity index (χ2v) is 6.29. The maximum absolute atomic E-state index is 12.7. The van der Waals surface area contributed by atoms with Crippen molar-refractivity contribution in [3.63, 3.8) is 0 Å². The number of hydrogen-bond donors (Lipinski definition) is 1. The minimum atomic E-state index is -0.183. The van der Waals surface area contributed by atoms with Crippen LogP contribution in [0.25, 0.3) is 11.4 Å². The Labute approximate surface area is 161 Å². The highest BCUT2D eigenvalue weighted by Crippen LogP contribution is 2.19. The van der Waals surface area contributed by atoms with E-state index in [9.17, 15) is 4.79 Å². The number of aromatic nitrogens is 6. The number of rotatable bonds is 6. The van der Waals surface area contributed by atoms with Crippen LogP contribution in [-0.2, 0) is 13.1 Å². The molecule has 0 fully saturated rings. The Hall–Kier alpha value is -3.81. The zero-order valence-electron chi connectivity index (χ0n) is 15.4. The number of amides is 1. The van der Waals surface area contributed by atoms with Gasteiger partial charge in [-0.2, -0.15) is 0 Å². The van der Waals surface area contributed by atoms with Crippen LogP contribution in [0.3, 0.4) is 0 Å². The van der Waals surface area contributed by atoms with E-state index in [4.69, 9.17) is 0 Å². The summed E-state index contributed by atoms with van der Waals surface area (Å²) in [5.74, 6) is 0.455. The first-order valence-corrected chi connectivity index (χ1v) is 8.95. The largest absolute Gasteiger partial charge is 0.333 e. The average Bonchev–Trinajstić information content (AvgIpc) is 3.40. The van der Waals surface area contributed by atoms with Crippen molar-refractivity contribution in [2.75, 3.05) is 5.32 Å². The SMILES string of the molecule is CCn1nnnc1-c1cccc(C(=O)Nc2cccc(Cn3ccnc3)c2)c1. The molecule has 0 unspecified atom stereocenters. The van der Waals surface area contributed by atoms with Gasteiger partial charge in [0.05, 0.1) is 6.33 Å². The molecule has 140 valence electrons. The lowest BCUT2D eigenvalue weighted by molar-refractivity contribution is 0.102. The normalized spacial score (nSPS) is 10.8. The zero-order valence-corrected chi connectivity index (χ0v) is 15.4. The van der Waals surface area contributed by atoms with E-state index < -0.39 is 0 Å². The Balaban J connectivity index is 1.52. The molecular formula is C20H19N7O. The van der Waals surface area contributed by atoms with Gasteiger partial charge in [0.15, 0.2) is 5.82 Å². The maximum Gasteiger partial charge on any atom is 0.255 e. The minimum Gasteiger partial charge on any atom is -0.333 e. The van der Waals surface area contributed by atoms with Crippen molar-refractivity contribution in [3.05, 3.63) is 78.4 Å². The van der Waals surface area contributed by atoms with E-state index in [2.05, 4.69) is 25.8 Å². The number of aryl methyl sites for hydroxylation is 1. The summed E-state index contributed by atoms with van der Waals surface area (Å²) >= 11 is 0. The molecule has 28 heavy (non-hydrogen) atoms. The fourth-order valence-electron chi connectivity index (χ4n) is 2.97. The van der Waals surface area contributed by atoms with Gasteiger partial charge in [-0.15, -0.1) is 5.10 Å². The van der Waals surface area contributed by atoms with Gasteiger partial charge >= 0.3 is 0 Å². The molecule has 4 rings (SSSR count). The van der Waals surface area contributed by atoms with E-state index in [0.717, 1.165) is 16.8 Å². The molecule has 0 bridgehead atoms. The molecule has 0 saturated heterocycles. The van der Waals surface area contributed by atoms with Crippen LogP contribution in [0.1, 0.15) is 22.8 Å². The van der Waals surface area contributed by atoms with Crippen LogP contribution >= 0.6 is 0 Å². The Morgan fingerprint density at radius 1 is 1.14 bits per heavy atom. The maximum atomic E-state index is 12.7. The molecule has 0 saturated carbocycles. The second kappa shape index (κ2) is 7.83. The Kier molecular flexibility index (Phi) is 4.92. The molecule has 0 aliphatic carbocycles. The van der Waals surface area contributed by atoms with Crippen molar-refractivity contribution >= 4 is 11.6 Å². The van der Waals surface area contributed by atoms with Crippen molar-refractivity contribution in [1.29, 1.82) is 0 Å². The highest BCUT2D eigenvalue weighted by atomic mass is 16.1. The van der Waals surface area contributed by atoms with Crippen molar-refractivity contribution < 1.29 is 4.79 Å². The predicted molar refractivity (Wildman–Crippen MR) is 105 cm³/mol. The van der Waals surface area contributed by atoms with E-state index >= 15 is 0 Å². The molecule has 4 aromatic rings. The van der Waals surface area contributed by atoms with E-state index in [1.54, 1.807) is 29.3 Å². The first kappa shape index (κ1) is 17.6. The van der Waals surface area contributed by atoms with Gasteiger partial charge in [-0.05, 0) is 47.2 Å². The highest BCUT2D eigenvalue weighted by molar-refractivity contribution is 6.04. The monoisotopic (exact) mass is 373 g/mol. The van der Waals surface area contributed by atoms with Gasteiger partial charge < -0.3 is 9.88 Å². The summed E-state index contributed by atoms with van der Waals surface area (Å²) in [6, 6.07) is 15.1. The van der Waals surface area contributed by atoms with Crippen LogP contribution in [0, 0.1) is 0 Å². The minimum absolute atomic E-state index is 0.183. The third-order valence-electron chi connectivity index (χ3n) is 4.32. The number of carbonyl (C=O) groups excluding carboxylic acids is 1. The summed E-state index contributed by atoms with van der Waals surface area (Å²) in [5.41, 5.74) is 3.16. The van der Waals surface area contributed by atoms with Crippen LogP contribution < -0.4 is 5.32 Å². The van der Waals surface area contributed by atoms with Crippen molar-refractivity contribution in [2.24, 2.45) is 0 Å². The Bertz CT molecular complexity index is 1090. The molecule has 0 aliphatic heterocycles. The van der Waals surface area contributed by atoms with Crippen LogP contribution in [0.5, 0.6) is 0 Å². The van der Waals surface area contributed by atoms with Gasteiger partial charge in [-0.3, -0.25) is 4.79 Å². The molecule has 8 nitrogen and oxygen atoms in total. The standard InChI is InChI=1S/C20H19N7O/c1-2-27-19(23-24-25-27)16-6-4-7-17(12-16)20(28)22-18-8-3-5-15(11-18)13-26-10-9-21-14-26/h3-12,14H,2,13H2,1H3,(H,22,28). The number of carbonyl (C=O) groups is 1. The lowest BCUT2D eigenvalue weighted by atomic mass is 10.1. The summed E-state index contributed by atoms with van der Waals surface area (Å²) in [6.45, 7) is 3.31. The number of benzene rings is 2. The fraction of sp³-hybridized carbons (Fsp3) is 0.150. The molecular weight excluding hydrogens is 354 g/mol. The lowest BCUT2D eigenvalue weighted by Crippen LogP contribution is -2.12. The van der Waals surface area contributed by atoms with E-state index in [0.29, 0.717) is 24.5 Å². The van der Waals surface area contributed by atoms with Gasteiger partial charge in [-0.1, -0.05) is 24.3 Å². The second-order valence-electron chi connectivity index (χ2n) is 6.29. The first-order valence-electron chi connectivity index (χ1n) is 8.95. The molecule has 1 amide bonds. The molecule has 0 aliphatic rings.